The van der Waals surface area contributed by atoms with Crippen LogP contribution in [0.25, 0.3) is 10.9 Å². The molecule has 0 aliphatic carbocycles. The molecule has 202 valence electrons. The monoisotopic (exact) mass is 625 g/mol. The minimum Gasteiger partial charge on any atom is -0.369 e. The largest absolute Gasteiger partial charge is 0.369 e. The van der Waals surface area contributed by atoms with E-state index < -0.39 is 0 Å². The van der Waals surface area contributed by atoms with E-state index in [1.165, 1.54) is 10.3 Å². The number of H-pyrrole nitrogens is 1. The number of hydrogen-bond donors (Lipinski definition) is 2. The van der Waals surface area contributed by atoms with Crippen LogP contribution in [-0.4, -0.2) is 59.6 Å². The Balaban J connectivity index is 1.09. The second kappa shape index (κ2) is 12.5. The highest BCUT2D eigenvalue weighted by Gasteiger charge is 2.17. The van der Waals surface area contributed by atoms with Crippen molar-refractivity contribution in [3.63, 3.8) is 0 Å². The van der Waals surface area contributed by atoms with Gasteiger partial charge in [-0.25, -0.2) is 0 Å². The number of halogens is 2. The Morgan fingerprint density at radius 1 is 1.03 bits per heavy atom. The molecule has 2 heterocycles. The highest BCUT2D eigenvalue weighted by atomic mass is 79.9. The second-order valence-electron chi connectivity index (χ2n) is 9.63. The Labute approximate surface area is 245 Å². The smallest absolute Gasteiger partial charge is 0.262 e. The Morgan fingerprint density at radius 2 is 1.79 bits per heavy atom. The topological polar surface area (TPSA) is 73.4 Å². The van der Waals surface area contributed by atoms with Gasteiger partial charge in [-0.15, -0.1) is 0 Å². The minimum atomic E-state index is -0.150. The van der Waals surface area contributed by atoms with Crippen LogP contribution in [0.15, 0.2) is 76.0 Å². The molecule has 1 amide bonds. The van der Waals surface area contributed by atoms with Crippen molar-refractivity contribution in [2.45, 2.75) is 13.0 Å². The van der Waals surface area contributed by atoms with Gasteiger partial charge in [0.15, 0.2) is 4.77 Å². The Bertz CT molecular complexity index is 1600. The van der Waals surface area contributed by atoms with Crippen molar-refractivity contribution in [1.82, 2.24) is 19.8 Å². The van der Waals surface area contributed by atoms with Gasteiger partial charge in [-0.1, -0.05) is 45.7 Å². The van der Waals surface area contributed by atoms with Crippen LogP contribution in [0, 0.1) is 4.77 Å². The molecule has 0 radical (unpaired) electrons. The van der Waals surface area contributed by atoms with E-state index in [-0.39, 0.29) is 11.5 Å². The molecule has 2 N–H and O–H groups in total. The highest BCUT2D eigenvalue weighted by Crippen LogP contribution is 2.21. The number of amides is 1. The van der Waals surface area contributed by atoms with Crippen molar-refractivity contribution in [1.29, 1.82) is 0 Å². The SMILES string of the molecule is O=C(NCCCN1CCN(c2cccc(Cl)c2)CC1)c1ccc(Cn2c(=S)[nH]c3ccc(Br)cc3c2=O)cc1. The zero-order chi connectivity index (χ0) is 27.4. The van der Waals surface area contributed by atoms with Crippen molar-refractivity contribution in [3.8, 4) is 0 Å². The van der Waals surface area contributed by atoms with E-state index in [2.05, 4.69) is 42.1 Å². The van der Waals surface area contributed by atoms with Crippen LogP contribution in [0.5, 0.6) is 0 Å². The normalized spacial score (nSPS) is 14.1. The molecule has 5 rings (SSSR count). The number of nitrogens with zero attached hydrogens (tertiary/aromatic N) is 3. The van der Waals surface area contributed by atoms with Crippen molar-refractivity contribution in [2.24, 2.45) is 0 Å². The Morgan fingerprint density at radius 3 is 2.54 bits per heavy atom. The Kier molecular flexibility index (Phi) is 8.82. The number of carbonyl (C=O) groups is 1. The molecule has 1 aliphatic heterocycles. The molecule has 1 saturated heterocycles. The van der Waals surface area contributed by atoms with Crippen molar-refractivity contribution < 1.29 is 4.79 Å². The van der Waals surface area contributed by atoms with Gasteiger partial charge in [0.25, 0.3) is 11.5 Å². The predicted octanol–water partition coefficient (Wildman–Crippen LogP) is 5.47. The third kappa shape index (κ3) is 6.78. The number of carbonyl (C=O) groups excluding carboxylic acids is 1. The molecule has 10 heteroatoms. The predicted molar refractivity (Wildman–Crippen MR) is 164 cm³/mol. The molecule has 0 spiro atoms. The molecule has 4 aromatic rings. The maximum atomic E-state index is 13.0. The molecule has 0 atom stereocenters. The lowest BCUT2D eigenvalue weighted by Gasteiger charge is -2.36. The van der Waals surface area contributed by atoms with Gasteiger partial charge >= 0.3 is 0 Å². The standard InChI is InChI=1S/C29H29BrClN5O2S/c30-22-9-10-26-25(17-22)28(38)36(29(39)33-26)19-20-5-7-21(8-6-20)27(37)32-11-2-12-34-13-15-35(16-14-34)24-4-1-3-23(31)18-24/h1,3-10,17-18H,2,11-16,19H2,(H,32,37)(H,33,39). The zero-order valence-corrected chi connectivity index (χ0v) is 24.5. The maximum Gasteiger partial charge on any atom is 0.262 e. The number of rotatable bonds is 8. The quantitative estimate of drug-likeness (QED) is 0.201. The first kappa shape index (κ1) is 27.6. The van der Waals surface area contributed by atoms with Gasteiger partial charge in [0, 0.05) is 53.5 Å². The van der Waals surface area contributed by atoms with Crippen LogP contribution < -0.4 is 15.8 Å². The number of hydrogen-bond acceptors (Lipinski definition) is 5. The third-order valence-electron chi connectivity index (χ3n) is 6.98. The van der Waals surface area contributed by atoms with Gasteiger partial charge in [-0.2, -0.15) is 0 Å². The van der Waals surface area contributed by atoms with E-state index in [9.17, 15) is 9.59 Å². The van der Waals surface area contributed by atoms with Gasteiger partial charge in [-0.3, -0.25) is 19.1 Å². The molecule has 0 saturated carbocycles. The lowest BCUT2D eigenvalue weighted by Crippen LogP contribution is -2.47. The number of nitrogens with one attached hydrogen (secondary N) is 2. The molecule has 1 aromatic heterocycles. The lowest BCUT2D eigenvalue weighted by molar-refractivity contribution is 0.0951. The number of piperazine rings is 1. The fourth-order valence-electron chi connectivity index (χ4n) is 4.82. The molecule has 0 unspecified atom stereocenters. The van der Waals surface area contributed by atoms with Crippen LogP contribution in [0.2, 0.25) is 5.02 Å². The van der Waals surface area contributed by atoms with Crippen LogP contribution >= 0.6 is 39.7 Å². The maximum absolute atomic E-state index is 13.0. The summed E-state index contributed by atoms with van der Waals surface area (Å²) >= 11 is 15.0. The first-order valence-corrected chi connectivity index (χ1v) is 14.5. The second-order valence-corrected chi connectivity index (χ2v) is 11.4. The van der Waals surface area contributed by atoms with Crippen LogP contribution in [0.4, 0.5) is 5.69 Å². The number of fused-ring (bicyclic) bond motifs is 1. The summed E-state index contributed by atoms with van der Waals surface area (Å²) < 4.78 is 2.73. The molecule has 1 fully saturated rings. The summed E-state index contributed by atoms with van der Waals surface area (Å²) in [6.07, 6.45) is 0.889. The van der Waals surface area contributed by atoms with E-state index in [1.54, 1.807) is 18.2 Å². The number of anilines is 1. The van der Waals surface area contributed by atoms with E-state index in [4.69, 9.17) is 23.8 Å². The molecule has 1 aliphatic rings. The molecular formula is C29H29BrClN5O2S. The number of aromatic nitrogens is 2. The van der Waals surface area contributed by atoms with Gasteiger partial charge in [0.1, 0.15) is 0 Å². The average Bonchev–Trinajstić information content (AvgIpc) is 2.94. The number of benzene rings is 3. The summed E-state index contributed by atoms with van der Waals surface area (Å²) in [4.78, 5) is 33.6. The Hall–Kier alpha value is -2.98. The number of aromatic amines is 1. The lowest BCUT2D eigenvalue weighted by atomic mass is 10.1. The van der Waals surface area contributed by atoms with E-state index in [1.807, 2.05) is 42.5 Å². The van der Waals surface area contributed by atoms with Gasteiger partial charge in [0.05, 0.1) is 17.4 Å². The van der Waals surface area contributed by atoms with Crippen molar-refractivity contribution in [3.05, 3.63) is 102 Å². The highest BCUT2D eigenvalue weighted by molar-refractivity contribution is 9.10. The molecule has 39 heavy (non-hydrogen) atoms. The zero-order valence-electron chi connectivity index (χ0n) is 21.3. The molecule has 7 nitrogen and oxygen atoms in total. The summed E-state index contributed by atoms with van der Waals surface area (Å²) in [5, 5.41) is 4.35. The summed E-state index contributed by atoms with van der Waals surface area (Å²) in [5.74, 6) is -0.0997. The van der Waals surface area contributed by atoms with Crippen molar-refractivity contribution >= 4 is 62.2 Å². The van der Waals surface area contributed by atoms with Crippen LogP contribution in [0.1, 0.15) is 22.3 Å². The summed E-state index contributed by atoms with van der Waals surface area (Å²) in [6, 6.07) is 20.8. The molecular weight excluding hydrogens is 598 g/mol. The van der Waals surface area contributed by atoms with Gasteiger partial charge < -0.3 is 15.2 Å². The van der Waals surface area contributed by atoms with Crippen LogP contribution in [0.3, 0.4) is 0 Å². The fourth-order valence-corrected chi connectivity index (χ4v) is 5.62. The molecule has 0 bridgehead atoms. The molecule has 3 aromatic carbocycles. The van der Waals surface area contributed by atoms with Gasteiger partial charge in [-0.05, 0) is 79.3 Å². The first-order valence-electron chi connectivity index (χ1n) is 12.9. The third-order valence-corrected chi connectivity index (χ3v) is 8.03. The summed E-state index contributed by atoms with van der Waals surface area (Å²) in [5.41, 5.74) is 3.20. The minimum absolute atomic E-state index is 0.0997. The van der Waals surface area contributed by atoms with Crippen molar-refractivity contribution in [2.75, 3.05) is 44.2 Å². The van der Waals surface area contributed by atoms with E-state index in [0.717, 1.165) is 54.2 Å². The fraction of sp³-hybridized carbons (Fsp3) is 0.276. The average molecular weight is 627 g/mol. The summed E-state index contributed by atoms with van der Waals surface area (Å²) in [6.45, 7) is 5.79. The van der Waals surface area contributed by atoms with Crippen LogP contribution in [-0.2, 0) is 6.54 Å². The van der Waals surface area contributed by atoms with E-state index >= 15 is 0 Å². The first-order chi connectivity index (χ1) is 18.9. The summed E-state index contributed by atoms with van der Waals surface area (Å²) in [7, 11) is 0. The van der Waals surface area contributed by atoms with E-state index in [0.29, 0.717) is 34.3 Å². The van der Waals surface area contributed by atoms with Gasteiger partial charge in [0.2, 0.25) is 0 Å².